The van der Waals surface area contributed by atoms with Crippen molar-refractivity contribution in [3.8, 4) is 0 Å². The Morgan fingerprint density at radius 1 is 0.582 bits per heavy atom. The van der Waals surface area contributed by atoms with Crippen LogP contribution in [-0.4, -0.2) is 91.5 Å². The lowest BCUT2D eigenvalue weighted by molar-refractivity contribution is -0.384. The van der Waals surface area contributed by atoms with Crippen molar-refractivity contribution in [2.45, 2.75) is 180 Å². The number of nitrogens with one attached hydrogen (secondary N) is 6. The number of para-hydroxylation sites is 2. The number of H-pyrrole nitrogens is 2. The van der Waals surface area contributed by atoms with Crippen LogP contribution in [0.1, 0.15) is 155 Å². The second kappa shape index (κ2) is 35.3. The van der Waals surface area contributed by atoms with Crippen molar-refractivity contribution in [2.24, 2.45) is 11.5 Å². The zero-order valence-electron chi connectivity index (χ0n) is 44.8. The maximum Gasteiger partial charge on any atom is 0.329 e. The number of esters is 1. The molecule has 0 fully saturated rings. The Kier molecular flexibility index (Phi) is 29.2. The fraction of sp³-hybridized carbons (Fsp3) is 0.483. The summed E-state index contributed by atoms with van der Waals surface area (Å²) in [6.07, 6.45) is 18.2. The van der Waals surface area contributed by atoms with Crippen LogP contribution < -0.4 is 32.7 Å². The maximum absolute atomic E-state index is 13.5. The molecule has 5 rings (SSSR count). The first-order valence-corrected chi connectivity index (χ1v) is 27.0. The SMILES string of the molecule is C.CCCCCCCCCC(=O)N[C@@H](Cc1c[nH]c2ccccc12)C(=O)N[C@@H](CC(N)=O)C(=O)O.CCCCCCCCCC(=O)N[C@@H](Cc1c[nH]c2ccccc12)C(=O)N[C@@H](CC(N)=O)C(=O)OCc1ccc([N+](=O)[O-])cc1.[2HH]. The van der Waals surface area contributed by atoms with Crippen molar-refractivity contribution in [3.63, 3.8) is 0 Å². The van der Waals surface area contributed by atoms with Gasteiger partial charge in [0.2, 0.25) is 35.4 Å². The summed E-state index contributed by atoms with van der Waals surface area (Å²) in [5.41, 5.74) is 14.2. The molecule has 0 saturated carbocycles. The Hall–Kier alpha value is -8.10. The number of amides is 6. The minimum atomic E-state index is -1.46. The van der Waals surface area contributed by atoms with Gasteiger partial charge in [-0.05, 0) is 53.8 Å². The van der Waals surface area contributed by atoms with E-state index in [-0.39, 0.29) is 58.6 Å². The molecule has 5 aromatic rings. The van der Waals surface area contributed by atoms with E-state index in [0.29, 0.717) is 12.0 Å². The van der Waals surface area contributed by atoms with Crippen LogP contribution in [0.4, 0.5) is 5.69 Å². The first kappa shape index (κ1) is 65.2. The molecule has 432 valence electrons. The molecule has 0 radical (unpaired) electrons. The van der Waals surface area contributed by atoms with Gasteiger partial charge in [-0.2, -0.15) is 0 Å². The molecule has 4 atom stereocenters. The number of hydrogen-bond donors (Lipinski definition) is 9. The Bertz CT molecular complexity index is 2760. The van der Waals surface area contributed by atoms with Gasteiger partial charge in [-0.15, -0.1) is 0 Å². The number of rotatable bonds is 35. The van der Waals surface area contributed by atoms with Crippen molar-refractivity contribution in [3.05, 3.63) is 112 Å². The van der Waals surface area contributed by atoms with Crippen LogP contribution in [0.25, 0.3) is 21.8 Å². The zero-order valence-corrected chi connectivity index (χ0v) is 44.8. The summed E-state index contributed by atoms with van der Waals surface area (Å²) in [6.45, 7) is 4.09. The Labute approximate surface area is 463 Å². The molecule has 0 saturated heterocycles. The summed E-state index contributed by atoms with van der Waals surface area (Å²) in [5, 5.41) is 32.5. The minimum absolute atomic E-state index is 0. The van der Waals surface area contributed by atoms with Crippen LogP contribution in [0.3, 0.4) is 0 Å². The predicted octanol–water partition coefficient (Wildman–Crippen LogP) is 8.01. The number of unbranched alkanes of at least 4 members (excludes halogenated alkanes) is 12. The van der Waals surface area contributed by atoms with E-state index in [0.717, 1.165) is 77.9 Å². The molecule has 21 nitrogen and oxygen atoms in total. The van der Waals surface area contributed by atoms with E-state index in [9.17, 15) is 53.6 Å². The molecule has 6 amide bonds. The van der Waals surface area contributed by atoms with E-state index in [2.05, 4.69) is 45.1 Å². The first-order valence-electron chi connectivity index (χ1n) is 27.0. The van der Waals surface area contributed by atoms with E-state index in [1.54, 1.807) is 12.4 Å². The van der Waals surface area contributed by atoms with Gasteiger partial charge in [-0.3, -0.25) is 38.9 Å². The topological polar surface area (TPSA) is 341 Å². The standard InChI is InChI=1S/C32H41N5O7.C25H36N4O5.CH4.H2/c1-2-3-4-5-6-7-8-13-30(39)35-27(18-23-20-34-26-12-10-9-11-25(23)26)31(40)36-28(19-29(33)38)32(41)44-21-22-14-16-24(17-15-22)37(42)43;1-2-3-4-5-6-7-8-13-23(31)28-20(24(32)29-21(25(33)34)15-22(26)30)14-17-16-27-19-12-10-9-11-18(17)19;;/h9-12,14-17,20,27-28,34H,2-8,13,18-19,21H2,1H3,(H2,33,38)(H,35,39)(H,36,40);9-12,16,20-21,27H,2-8,13-15H2,1H3,(H2,26,30)(H,28,31)(H,29,32)(H,33,34);1H4;1H/t27-,28-;20-,21-;;/m00../s1/i;;;1+1. The third-order valence-electron chi connectivity index (χ3n) is 13.1. The molecule has 2 heterocycles. The average molecular weight is 1100 g/mol. The van der Waals surface area contributed by atoms with Crippen LogP contribution in [0, 0.1) is 10.1 Å². The van der Waals surface area contributed by atoms with Crippen LogP contribution >= 0.6 is 0 Å². The van der Waals surface area contributed by atoms with Crippen molar-refractivity contribution < 1.29 is 54.5 Å². The third kappa shape index (κ3) is 23.6. The van der Waals surface area contributed by atoms with Crippen LogP contribution in [0.2, 0.25) is 0 Å². The van der Waals surface area contributed by atoms with Gasteiger partial charge in [0.05, 0.1) is 17.8 Å². The number of nitrogens with two attached hydrogens (primary N) is 2. The lowest BCUT2D eigenvalue weighted by atomic mass is 10.0. The summed E-state index contributed by atoms with van der Waals surface area (Å²) in [6, 6.07) is 15.7. The molecule has 0 spiro atoms. The van der Waals surface area contributed by atoms with Gasteiger partial charge in [0.25, 0.3) is 5.69 Å². The molecular formula is C58H83N9O12. The second-order valence-corrected chi connectivity index (χ2v) is 19.4. The van der Waals surface area contributed by atoms with Crippen LogP contribution in [0.5, 0.6) is 0 Å². The molecule has 2 aromatic heterocycles. The monoisotopic (exact) mass is 1100 g/mol. The van der Waals surface area contributed by atoms with Gasteiger partial charge in [0, 0.05) is 73.4 Å². The van der Waals surface area contributed by atoms with Crippen molar-refractivity contribution in [1.82, 2.24) is 31.2 Å². The van der Waals surface area contributed by atoms with Gasteiger partial charge in [0.1, 0.15) is 30.8 Å². The number of nitro groups is 1. The summed E-state index contributed by atoms with van der Waals surface area (Å²) < 4.78 is 5.29. The van der Waals surface area contributed by atoms with Crippen LogP contribution in [0.15, 0.2) is 85.2 Å². The molecular weight excluding hydrogens is 1010 g/mol. The number of aromatic amines is 2. The average Bonchev–Trinajstić information content (AvgIpc) is 4.03. The summed E-state index contributed by atoms with van der Waals surface area (Å²) in [4.78, 5) is 116. The maximum atomic E-state index is 13.5. The van der Waals surface area contributed by atoms with E-state index < -0.39 is 77.5 Å². The Morgan fingerprint density at radius 2 is 0.987 bits per heavy atom. The van der Waals surface area contributed by atoms with Gasteiger partial charge in [-0.25, -0.2) is 9.59 Å². The van der Waals surface area contributed by atoms with Gasteiger partial charge in [0.15, 0.2) is 0 Å². The number of ether oxygens (including phenoxy) is 1. The number of aromatic nitrogens is 2. The zero-order chi connectivity index (χ0) is 56.8. The quantitative estimate of drug-likeness (QED) is 0.00806. The smallest absolute Gasteiger partial charge is 0.329 e. The van der Waals surface area contributed by atoms with Crippen molar-refractivity contribution >= 4 is 74.9 Å². The van der Waals surface area contributed by atoms with Crippen molar-refractivity contribution in [2.75, 3.05) is 0 Å². The number of hydrogen-bond acceptors (Lipinski definition) is 11. The molecule has 79 heavy (non-hydrogen) atoms. The van der Waals surface area contributed by atoms with Crippen LogP contribution in [-0.2, 0) is 62.5 Å². The summed E-state index contributed by atoms with van der Waals surface area (Å²) >= 11 is 0. The Morgan fingerprint density at radius 3 is 1.41 bits per heavy atom. The fourth-order valence-electron chi connectivity index (χ4n) is 8.79. The number of benzene rings is 3. The highest BCUT2D eigenvalue weighted by Gasteiger charge is 2.31. The number of primary amides is 2. The first-order chi connectivity index (χ1) is 37.5. The third-order valence-corrected chi connectivity index (χ3v) is 13.1. The number of carboxylic acids is 1. The molecule has 0 aliphatic carbocycles. The lowest BCUT2D eigenvalue weighted by Gasteiger charge is -2.22. The molecule has 0 aliphatic heterocycles. The number of aliphatic carboxylic acids is 1. The molecule has 0 unspecified atom stereocenters. The highest BCUT2D eigenvalue weighted by atomic mass is 16.6. The van der Waals surface area contributed by atoms with E-state index in [1.165, 1.54) is 62.8 Å². The van der Waals surface area contributed by atoms with E-state index in [4.69, 9.17) is 16.2 Å². The predicted molar refractivity (Wildman–Crippen MR) is 304 cm³/mol. The van der Waals surface area contributed by atoms with Gasteiger partial charge >= 0.3 is 11.9 Å². The van der Waals surface area contributed by atoms with Gasteiger partial charge in [-0.1, -0.05) is 135 Å². The molecule has 0 aliphatic rings. The molecule has 0 bridgehead atoms. The number of nitro benzene ring substituents is 1. The number of carboxylic acid groups (broad SMARTS) is 1. The molecule has 3 aromatic carbocycles. The highest BCUT2D eigenvalue weighted by molar-refractivity contribution is 5.95. The second-order valence-electron chi connectivity index (χ2n) is 19.4. The number of non-ortho nitro benzene ring substituents is 1. The highest BCUT2D eigenvalue weighted by Crippen LogP contribution is 2.22. The van der Waals surface area contributed by atoms with Crippen molar-refractivity contribution in [1.29, 1.82) is 0 Å². The van der Waals surface area contributed by atoms with E-state index in [1.807, 2.05) is 48.5 Å². The lowest BCUT2D eigenvalue weighted by Crippen LogP contribution is -2.53. The minimum Gasteiger partial charge on any atom is -0.480 e. The number of fused-ring (bicyclic) bond motifs is 2. The fourth-order valence-corrected chi connectivity index (χ4v) is 8.79. The Balaban J connectivity index is 0.000000550. The number of carbonyl (C=O) groups is 8. The normalized spacial score (nSPS) is 12.3. The largest absolute Gasteiger partial charge is 0.480 e. The summed E-state index contributed by atoms with van der Waals surface area (Å²) in [7, 11) is 0. The number of nitrogens with zero attached hydrogens (tertiary/aromatic N) is 1. The van der Waals surface area contributed by atoms with E-state index >= 15 is 0 Å². The molecule has 11 N–H and O–H groups in total. The van der Waals surface area contributed by atoms with Gasteiger partial charge < -0.3 is 52.5 Å². The molecule has 21 heteroatoms. The summed E-state index contributed by atoms with van der Waals surface area (Å²) in [5.74, 6) is -5.85. The number of carbonyl (C=O) groups excluding carboxylic acids is 7.